The van der Waals surface area contributed by atoms with Crippen molar-refractivity contribution in [3.8, 4) is 6.01 Å². The van der Waals surface area contributed by atoms with Crippen LogP contribution in [0.1, 0.15) is 19.1 Å². The highest BCUT2D eigenvalue weighted by Crippen LogP contribution is 2.27. The van der Waals surface area contributed by atoms with E-state index >= 15 is 0 Å². The van der Waals surface area contributed by atoms with Gasteiger partial charge in [0, 0.05) is 6.61 Å². The molecule has 1 aromatic rings. The molecule has 0 amide bonds. The maximum atomic E-state index is 5.56. The molecular formula is C8H13N3O2. The number of methoxy groups -OCH3 is 1. The molecule has 13 heavy (non-hydrogen) atoms. The molecule has 1 fully saturated rings. The van der Waals surface area contributed by atoms with Gasteiger partial charge in [0.15, 0.2) is 0 Å². The summed E-state index contributed by atoms with van der Waals surface area (Å²) in [6.07, 6.45) is 3.85. The summed E-state index contributed by atoms with van der Waals surface area (Å²) >= 11 is 0. The van der Waals surface area contributed by atoms with Crippen molar-refractivity contribution in [2.45, 2.75) is 19.1 Å². The molecule has 0 bridgehead atoms. The molecule has 2 N–H and O–H groups in total. The first-order chi connectivity index (χ1) is 6.31. The van der Waals surface area contributed by atoms with Crippen LogP contribution >= 0.6 is 0 Å². The quantitative estimate of drug-likeness (QED) is 0.736. The Morgan fingerprint density at radius 1 is 1.77 bits per heavy atom. The number of aromatic nitrogens is 2. The van der Waals surface area contributed by atoms with E-state index in [1.54, 1.807) is 13.3 Å². The van der Waals surface area contributed by atoms with E-state index in [4.69, 9.17) is 15.2 Å². The normalized spacial score (nSPS) is 22.1. The van der Waals surface area contributed by atoms with E-state index in [0.717, 1.165) is 19.4 Å². The van der Waals surface area contributed by atoms with E-state index < -0.39 is 0 Å². The molecule has 0 saturated carbocycles. The average molecular weight is 183 g/mol. The highest BCUT2D eigenvalue weighted by atomic mass is 16.5. The Hall–Kier alpha value is -1.23. The summed E-state index contributed by atoms with van der Waals surface area (Å²) in [7, 11) is 1.58. The van der Waals surface area contributed by atoms with Crippen LogP contribution in [-0.2, 0) is 4.74 Å². The number of nitrogens with two attached hydrogens (primary N) is 1. The average Bonchev–Trinajstić information content (AvgIpc) is 2.71. The topological polar surface area (TPSA) is 62.3 Å². The lowest BCUT2D eigenvalue weighted by Crippen LogP contribution is -2.07. The number of anilines is 1. The van der Waals surface area contributed by atoms with Gasteiger partial charge in [0.2, 0.25) is 0 Å². The highest BCUT2D eigenvalue weighted by Gasteiger charge is 2.21. The lowest BCUT2D eigenvalue weighted by molar-refractivity contribution is 0.0501. The fourth-order valence-electron chi connectivity index (χ4n) is 1.53. The first-order valence-corrected chi connectivity index (χ1v) is 4.31. The summed E-state index contributed by atoms with van der Waals surface area (Å²) in [6, 6.07) is 0.518. The van der Waals surface area contributed by atoms with Gasteiger partial charge in [-0.05, 0) is 12.8 Å². The predicted octanol–water partition coefficient (Wildman–Crippen LogP) is 0.783. The van der Waals surface area contributed by atoms with Crippen molar-refractivity contribution >= 4 is 5.82 Å². The molecule has 2 heterocycles. The zero-order valence-electron chi connectivity index (χ0n) is 7.56. The molecule has 0 aliphatic carbocycles. The van der Waals surface area contributed by atoms with Crippen LogP contribution in [0.2, 0.25) is 0 Å². The summed E-state index contributed by atoms with van der Waals surface area (Å²) < 4.78 is 12.4. The maximum absolute atomic E-state index is 5.56. The van der Waals surface area contributed by atoms with E-state index in [9.17, 15) is 0 Å². The molecule has 5 heteroatoms. The molecule has 72 valence electrons. The fraction of sp³-hybridized carbons (Fsp3) is 0.625. The summed E-state index contributed by atoms with van der Waals surface area (Å²) in [5, 5.41) is 0. The Bertz CT molecular complexity index is 292. The van der Waals surface area contributed by atoms with Crippen molar-refractivity contribution in [1.29, 1.82) is 0 Å². The van der Waals surface area contributed by atoms with Gasteiger partial charge in [0.25, 0.3) is 6.01 Å². The van der Waals surface area contributed by atoms with Gasteiger partial charge in [-0.1, -0.05) is 0 Å². The minimum Gasteiger partial charge on any atom is -0.468 e. The van der Waals surface area contributed by atoms with Crippen LogP contribution < -0.4 is 10.5 Å². The Kier molecular flexibility index (Phi) is 2.10. The Morgan fingerprint density at radius 2 is 2.62 bits per heavy atom. The van der Waals surface area contributed by atoms with Crippen LogP contribution in [0.15, 0.2) is 6.20 Å². The van der Waals surface area contributed by atoms with E-state index in [0.29, 0.717) is 11.8 Å². The van der Waals surface area contributed by atoms with E-state index in [1.165, 1.54) is 0 Å². The molecule has 1 aliphatic rings. The Balaban J connectivity index is 2.26. The van der Waals surface area contributed by atoms with Crippen molar-refractivity contribution in [1.82, 2.24) is 9.55 Å². The third-order valence-electron chi connectivity index (χ3n) is 2.12. The summed E-state index contributed by atoms with van der Waals surface area (Å²) in [5.74, 6) is 0.465. The summed E-state index contributed by atoms with van der Waals surface area (Å²) in [5.41, 5.74) is 5.56. The zero-order valence-corrected chi connectivity index (χ0v) is 7.56. The number of nitrogens with zero attached hydrogens (tertiary/aromatic N) is 2. The molecule has 0 aromatic carbocycles. The van der Waals surface area contributed by atoms with Crippen LogP contribution in [0.4, 0.5) is 5.82 Å². The van der Waals surface area contributed by atoms with Gasteiger partial charge in [-0.15, -0.1) is 0 Å². The molecule has 1 aliphatic heterocycles. The third kappa shape index (κ3) is 1.47. The minimum atomic E-state index is 0.0414. The van der Waals surface area contributed by atoms with Gasteiger partial charge in [0.1, 0.15) is 12.0 Å². The second-order valence-corrected chi connectivity index (χ2v) is 3.03. The summed E-state index contributed by atoms with van der Waals surface area (Å²) in [4.78, 5) is 4.01. The second-order valence-electron chi connectivity index (χ2n) is 3.03. The van der Waals surface area contributed by atoms with Crippen molar-refractivity contribution in [3.63, 3.8) is 0 Å². The molecule has 1 atom stereocenters. The maximum Gasteiger partial charge on any atom is 0.300 e. The Morgan fingerprint density at radius 3 is 3.23 bits per heavy atom. The largest absolute Gasteiger partial charge is 0.468 e. The zero-order chi connectivity index (χ0) is 9.26. The van der Waals surface area contributed by atoms with Crippen molar-refractivity contribution in [2.24, 2.45) is 0 Å². The van der Waals surface area contributed by atoms with Gasteiger partial charge in [-0.25, -0.2) is 0 Å². The van der Waals surface area contributed by atoms with Gasteiger partial charge in [-0.2, -0.15) is 4.98 Å². The third-order valence-corrected chi connectivity index (χ3v) is 2.12. The number of hydrogen-bond acceptors (Lipinski definition) is 4. The van der Waals surface area contributed by atoms with Crippen LogP contribution in [0, 0.1) is 0 Å². The first kappa shape index (κ1) is 8.37. The van der Waals surface area contributed by atoms with Gasteiger partial charge in [0.05, 0.1) is 13.3 Å². The molecule has 1 aromatic heterocycles. The number of nitrogen functional groups attached to an aromatic ring is 1. The monoisotopic (exact) mass is 183 g/mol. The molecule has 2 rings (SSSR count). The number of hydrogen-bond donors (Lipinski definition) is 1. The van der Waals surface area contributed by atoms with Crippen LogP contribution in [0.3, 0.4) is 0 Å². The second kappa shape index (κ2) is 3.26. The van der Waals surface area contributed by atoms with Gasteiger partial charge < -0.3 is 15.2 Å². The van der Waals surface area contributed by atoms with Crippen molar-refractivity contribution in [2.75, 3.05) is 19.5 Å². The molecule has 0 spiro atoms. The van der Waals surface area contributed by atoms with E-state index in [2.05, 4.69) is 4.98 Å². The number of rotatable bonds is 2. The Labute approximate surface area is 76.5 Å². The lowest BCUT2D eigenvalue weighted by atomic mass is 10.3. The summed E-state index contributed by atoms with van der Waals surface area (Å²) in [6.45, 7) is 0.798. The molecule has 1 saturated heterocycles. The number of imidazole rings is 1. The van der Waals surface area contributed by atoms with Gasteiger partial charge in [-0.3, -0.25) is 4.57 Å². The standard InChI is InChI=1S/C8H13N3O2/c1-12-8-10-6(9)5-11(8)7-3-2-4-13-7/h5,7H,2-4,9H2,1H3. The van der Waals surface area contributed by atoms with E-state index in [1.807, 2.05) is 4.57 Å². The van der Waals surface area contributed by atoms with Crippen molar-refractivity contribution < 1.29 is 9.47 Å². The fourth-order valence-corrected chi connectivity index (χ4v) is 1.53. The minimum absolute atomic E-state index is 0.0414. The number of ether oxygens (including phenoxy) is 2. The van der Waals surface area contributed by atoms with Crippen LogP contribution in [-0.4, -0.2) is 23.3 Å². The van der Waals surface area contributed by atoms with Crippen molar-refractivity contribution in [3.05, 3.63) is 6.20 Å². The highest BCUT2D eigenvalue weighted by molar-refractivity contribution is 5.28. The van der Waals surface area contributed by atoms with Crippen LogP contribution in [0.25, 0.3) is 0 Å². The van der Waals surface area contributed by atoms with Gasteiger partial charge >= 0.3 is 0 Å². The van der Waals surface area contributed by atoms with E-state index in [-0.39, 0.29) is 6.23 Å². The predicted molar refractivity (Wildman–Crippen MR) is 47.4 cm³/mol. The molecule has 0 radical (unpaired) electrons. The van der Waals surface area contributed by atoms with Crippen LogP contribution in [0.5, 0.6) is 6.01 Å². The lowest BCUT2D eigenvalue weighted by Gasteiger charge is -2.12. The first-order valence-electron chi connectivity index (χ1n) is 4.31. The SMILES string of the molecule is COc1nc(N)cn1C1CCCO1. The molecule has 5 nitrogen and oxygen atoms in total. The molecule has 1 unspecified atom stereocenters. The smallest absolute Gasteiger partial charge is 0.300 e. The molecular weight excluding hydrogens is 170 g/mol.